The number of benzene rings is 6. The van der Waals surface area contributed by atoms with E-state index in [1.807, 2.05) is 24.5 Å². The first-order chi connectivity index (χ1) is 23.3. The molecular formula is C43H26N4. The molecule has 10 rings (SSSR count). The lowest BCUT2D eigenvalue weighted by molar-refractivity contribution is 0.752. The highest BCUT2D eigenvalue weighted by Crippen LogP contribution is 2.63. The third-order valence-corrected chi connectivity index (χ3v) is 10.1. The summed E-state index contributed by atoms with van der Waals surface area (Å²) in [5, 5.41) is 12.6. The maximum absolute atomic E-state index is 10.4. The minimum atomic E-state index is -0.480. The highest BCUT2D eigenvalue weighted by atomic mass is 15.2. The van der Waals surface area contributed by atoms with Crippen LogP contribution in [-0.2, 0) is 5.41 Å². The predicted molar refractivity (Wildman–Crippen MR) is 189 cm³/mol. The fraction of sp³-hybridized carbons (Fsp3) is 0.0233. The summed E-state index contributed by atoms with van der Waals surface area (Å²) in [5.74, 6) is 0. The van der Waals surface area contributed by atoms with Gasteiger partial charge in [0.05, 0.1) is 39.5 Å². The zero-order valence-corrected chi connectivity index (χ0v) is 25.3. The van der Waals surface area contributed by atoms with Crippen LogP contribution in [-0.4, -0.2) is 9.55 Å². The van der Waals surface area contributed by atoms with E-state index in [-0.39, 0.29) is 0 Å². The van der Waals surface area contributed by atoms with Crippen molar-refractivity contribution in [2.45, 2.75) is 5.41 Å². The monoisotopic (exact) mass is 598 g/mol. The molecule has 0 radical (unpaired) electrons. The van der Waals surface area contributed by atoms with Crippen molar-refractivity contribution < 1.29 is 0 Å². The van der Waals surface area contributed by atoms with E-state index in [0.717, 1.165) is 44.6 Å². The standard InChI is InChI=1S/C43H26N4/c44-26-28-23-29(46-39-18-8-3-13-33(39)34-27-45-22-21-40(34)46)25-30(24-28)47-41-19-9-6-16-37(41)43(38-17-7-10-20-42(38)47)35-14-4-1-11-31(35)32-12-2-5-15-36(32)43/h1-25,27H. The minimum absolute atomic E-state index is 0.480. The summed E-state index contributed by atoms with van der Waals surface area (Å²) in [7, 11) is 0. The minimum Gasteiger partial charge on any atom is -0.310 e. The van der Waals surface area contributed by atoms with Crippen LogP contribution in [0.15, 0.2) is 158 Å². The van der Waals surface area contributed by atoms with Crippen molar-refractivity contribution >= 4 is 38.9 Å². The third-order valence-electron chi connectivity index (χ3n) is 10.1. The molecule has 0 saturated carbocycles. The van der Waals surface area contributed by atoms with Crippen molar-refractivity contribution in [3.63, 3.8) is 0 Å². The fourth-order valence-electron chi connectivity index (χ4n) is 8.35. The highest BCUT2D eigenvalue weighted by Gasteiger charge is 2.51. The lowest BCUT2D eigenvalue weighted by Crippen LogP contribution is -2.36. The Morgan fingerprint density at radius 2 is 1.09 bits per heavy atom. The van der Waals surface area contributed by atoms with Gasteiger partial charge in [-0.05, 0) is 75.8 Å². The van der Waals surface area contributed by atoms with Crippen LogP contribution >= 0.6 is 0 Å². The highest BCUT2D eigenvalue weighted by molar-refractivity contribution is 6.09. The molecule has 0 atom stereocenters. The first kappa shape index (κ1) is 25.8. The van der Waals surface area contributed by atoms with E-state index in [1.165, 1.54) is 33.4 Å². The van der Waals surface area contributed by atoms with E-state index in [1.54, 1.807) is 0 Å². The number of fused-ring (bicyclic) bond motifs is 12. The van der Waals surface area contributed by atoms with E-state index in [9.17, 15) is 5.26 Å². The number of rotatable bonds is 2. The summed E-state index contributed by atoms with van der Waals surface area (Å²) < 4.78 is 2.25. The number of anilines is 3. The van der Waals surface area contributed by atoms with Crippen LogP contribution < -0.4 is 4.90 Å². The number of para-hydroxylation sites is 3. The molecule has 3 heterocycles. The van der Waals surface area contributed by atoms with Gasteiger partial charge in [0.2, 0.25) is 0 Å². The van der Waals surface area contributed by atoms with E-state index >= 15 is 0 Å². The smallest absolute Gasteiger partial charge is 0.0993 e. The van der Waals surface area contributed by atoms with Crippen molar-refractivity contribution in [3.8, 4) is 22.9 Å². The van der Waals surface area contributed by atoms with Crippen molar-refractivity contribution in [1.29, 1.82) is 5.26 Å². The van der Waals surface area contributed by atoms with Gasteiger partial charge >= 0.3 is 0 Å². The lowest BCUT2D eigenvalue weighted by Gasteiger charge is -2.45. The van der Waals surface area contributed by atoms with Crippen molar-refractivity contribution in [3.05, 3.63) is 186 Å². The summed E-state index contributed by atoms with van der Waals surface area (Å²) in [4.78, 5) is 6.78. The Morgan fingerprint density at radius 1 is 0.532 bits per heavy atom. The van der Waals surface area contributed by atoms with E-state index < -0.39 is 5.41 Å². The van der Waals surface area contributed by atoms with Crippen LogP contribution in [0.2, 0.25) is 0 Å². The van der Waals surface area contributed by atoms with Crippen molar-refractivity contribution in [2.24, 2.45) is 0 Å². The molecule has 0 saturated heterocycles. The molecule has 6 aromatic carbocycles. The van der Waals surface area contributed by atoms with Gasteiger partial charge in [0.25, 0.3) is 0 Å². The van der Waals surface area contributed by atoms with Crippen LogP contribution in [0.4, 0.5) is 17.1 Å². The van der Waals surface area contributed by atoms with Crippen molar-refractivity contribution in [1.82, 2.24) is 9.55 Å². The molecular weight excluding hydrogens is 573 g/mol. The molecule has 0 N–H and O–H groups in total. The van der Waals surface area contributed by atoms with Gasteiger partial charge < -0.3 is 9.47 Å². The van der Waals surface area contributed by atoms with Crippen LogP contribution in [0.25, 0.3) is 38.6 Å². The van der Waals surface area contributed by atoms with Gasteiger partial charge in [-0.25, -0.2) is 0 Å². The molecule has 218 valence electrons. The van der Waals surface area contributed by atoms with Gasteiger partial charge in [0, 0.05) is 34.5 Å². The normalized spacial score (nSPS) is 13.6. The maximum atomic E-state index is 10.4. The van der Waals surface area contributed by atoms with Gasteiger partial charge in [0.1, 0.15) is 0 Å². The van der Waals surface area contributed by atoms with Gasteiger partial charge in [-0.2, -0.15) is 5.26 Å². The molecule has 4 nitrogen and oxygen atoms in total. The summed E-state index contributed by atoms with van der Waals surface area (Å²) in [6.07, 6.45) is 3.76. The second-order valence-electron chi connectivity index (χ2n) is 12.3. The molecule has 2 aliphatic rings. The largest absolute Gasteiger partial charge is 0.310 e. The van der Waals surface area contributed by atoms with Crippen LogP contribution in [0, 0.1) is 11.3 Å². The molecule has 0 unspecified atom stereocenters. The molecule has 0 amide bonds. The Labute approximate surface area is 272 Å². The van der Waals surface area contributed by atoms with Gasteiger partial charge in [-0.15, -0.1) is 0 Å². The third kappa shape index (κ3) is 3.32. The lowest BCUT2D eigenvalue weighted by atomic mass is 9.64. The van der Waals surface area contributed by atoms with Gasteiger partial charge in [0.15, 0.2) is 0 Å². The van der Waals surface area contributed by atoms with Gasteiger partial charge in [-0.3, -0.25) is 4.98 Å². The van der Waals surface area contributed by atoms with E-state index in [2.05, 4.69) is 154 Å². The summed E-state index contributed by atoms with van der Waals surface area (Å²) >= 11 is 0. The molecule has 2 aromatic heterocycles. The molecule has 0 bridgehead atoms. The molecule has 4 heteroatoms. The molecule has 0 fully saturated rings. The predicted octanol–water partition coefficient (Wildman–Crippen LogP) is 10.2. The van der Waals surface area contributed by atoms with E-state index in [0.29, 0.717) is 5.56 Å². The number of nitrogens with zero attached hydrogens (tertiary/aromatic N) is 4. The number of aromatic nitrogens is 2. The Bertz CT molecular complexity index is 2470. The Morgan fingerprint density at radius 3 is 1.77 bits per heavy atom. The first-order valence-electron chi connectivity index (χ1n) is 15.9. The zero-order valence-electron chi connectivity index (χ0n) is 25.3. The molecule has 47 heavy (non-hydrogen) atoms. The molecule has 1 aliphatic carbocycles. The topological polar surface area (TPSA) is 44.9 Å². The number of hydrogen-bond donors (Lipinski definition) is 0. The van der Waals surface area contributed by atoms with E-state index in [4.69, 9.17) is 0 Å². The molecule has 8 aromatic rings. The second kappa shape index (κ2) is 9.53. The molecule has 1 aliphatic heterocycles. The quantitative estimate of drug-likeness (QED) is 0.199. The summed E-state index contributed by atoms with van der Waals surface area (Å²) in [6, 6.07) is 54.4. The fourth-order valence-corrected chi connectivity index (χ4v) is 8.35. The number of hydrogen-bond acceptors (Lipinski definition) is 3. The van der Waals surface area contributed by atoms with Crippen molar-refractivity contribution in [2.75, 3.05) is 4.90 Å². The average molecular weight is 599 g/mol. The first-order valence-corrected chi connectivity index (χ1v) is 15.9. The molecule has 1 spiro atoms. The van der Waals surface area contributed by atoms with Gasteiger partial charge in [-0.1, -0.05) is 103 Å². The summed E-state index contributed by atoms with van der Waals surface area (Å²) in [6.45, 7) is 0. The van der Waals surface area contributed by atoms with Crippen LogP contribution in [0.3, 0.4) is 0 Å². The SMILES string of the molecule is N#Cc1cc(N2c3ccccc3C3(c4ccccc4-c4ccccc43)c3ccccc32)cc(-n2c3ccccc3c3cnccc32)c1. The average Bonchev–Trinajstić information content (AvgIpc) is 3.63. The van der Waals surface area contributed by atoms with Crippen LogP contribution in [0.1, 0.15) is 27.8 Å². The Balaban J connectivity index is 1.28. The van der Waals surface area contributed by atoms with Crippen LogP contribution in [0.5, 0.6) is 0 Å². The maximum Gasteiger partial charge on any atom is 0.0993 e. The Kier molecular flexibility index (Phi) is 5.24. The Hall–Kier alpha value is -6.44. The number of pyridine rings is 1. The second-order valence-corrected chi connectivity index (χ2v) is 12.3. The summed E-state index contributed by atoms with van der Waals surface area (Å²) in [5.41, 5.74) is 13.9. The number of nitriles is 1. The zero-order chi connectivity index (χ0) is 31.1.